The molecule has 2 fully saturated rings. The van der Waals surface area contributed by atoms with Gasteiger partial charge < -0.3 is 10.2 Å². The Bertz CT molecular complexity index is 309. The van der Waals surface area contributed by atoms with Gasteiger partial charge in [0.2, 0.25) is 0 Å². The van der Waals surface area contributed by atoms with E-state index in [9.17, 15) is 4.79 Å². The van der Waals surface area contributed by atoms with Crippen molar-refractivity contribution in [3.8, 4) is 0 Å². The van der Waals surface area contributed by atoms with Crippen molar-refractivity contribution in [2.45, 2.75) is 51.0 Å². The Labute approximate surface area is 118 Å². The van der Waals surface area contributed by atoms with Crippen LogP contribution in [0.1, 0.15) is 44.9 Å². The van der Waals surface area contributed by atoms with Gasteiger partial charge in [0.25, 0.3) is 0 Å². The molecule has 0 aliphatic heterocycles. The molecule has 2 amide bonds. The van der Waals surface area contributed by atoms with Gasteiger partial charge in [0, 0.05) is 17.1 Å². The summed E-state index contributed by atoms with van der Waals surface area (Å²) in [6.07, 6.45) is 8.98. The SMILES string of the molecule is C=C(Br)CNC(=O)N(CC1CCCCC1)C1CC1. The van der Waals surface area contributed by atoms with Crippen LogP contribution in [-0.2, 0) is 0 Å². The molecule has 0 aromatic rings. The van der Waals surface area contributed by atoms with Gasteiger partial charge in [-0.15, -0.1) is 0 Å². The van der Waals surface area contributed by atoms with Crippen LogP contribution in [0, 0.1) is 5.92 Å². The van der Waals surface area contributed by atoms with Gasteiger partial charge in [-0.25, -0.2) is 4.79 Å². The van der Waals surface area contributed by atoms with Crippen LogP contribution in [0.4, 0.5) is 4.79 Å². The Hall–Kier alpha value is -0.510. The minimum absolute atomic E-state index is 0.0867. The molecule has 18 heavy (non-hydrogen) atoms. The zero-order valence-corrected chi connectivity index (χ0v) is 12.5. The van der Waals surface area contributed by atoms with Crippen molar-refractivity contribution in [3.63, 3.8) is 0 Å². The van der Waals surface area contributed by atoms with E-state index in [1.165, 1.54) is 44.9 Å². The van der Waals surface area contributed by atoms with Crippen LogP contribution in [0.2, 0.25) is 0 Å². The van der Waals surface area contributed by atoms with Gasteiger partial charge in [-0.2, -0.15) is 0 Å². The zero-order valence-electron chi connectivity index (χ0n) is 11.0. The minimum atomic E-state index is 0.0867. The summed E-state index contributed by atoms with van der Waals surface area (Å²) in [5, 5.41) is 2.93. The van der Waals surface area contributed by atoms with Gasteiger partial charge >= 0.3 is 6.03 Å². The lowest BCUT2D eigenvalue weighted by molar-refractivity contribution is 0.175. The first kappa shape index (κ1) is 13.9. The third-order valence-electron chi connectivity index (χ3n) is 3.86. The highest BCUT2D eigenvalue weighted by atomic mass is 79.9. The average molecular weight is 315 g/mol. The molecule has 102 valence electrons. The largest absolute Gasteiger partial charge is 0.333 e. The normalized spacial score (nSPS) is 20.5. The molecule has 0 aromatic heterocycles. The third kappa shape index (κ3) is 4.30. The first-order valence-electron chi connectivity index (χ1n) is 7.04. The number of carbonyl (C=O) groups is 1. The molecule has 0 radical (unpaired) electrons. The van der Waals surface area contributed by atoms with E-state index in [1.54, 1.807) is 0 Å². The molecule has 0 heterocycles. The lowest BCUT2D eigenvalue weighted by Gasteiger charge is -2.30. The van der Waals surface area contributed by atoms with Crippen LogP contribution in [0.25, 0.3) is 0 Å². The second-order valence-electron chi connectivity index (χ2n) is 5.56. The molecule has 1 N–H and O–H groups in total. The molecular weight excluding hydrogens is 292 g/mol. The summed E-state index contributed by atoms with van der Waals surface area (Å²) in [4.78, 5) is 14.2. The second kappa shape index (κ2) is 6.60. The van der Waals surface area contributed by atoms with Crippen molar-refractivity contribution in [1.29, 1.82) is 0 Å². The Morgan fingerprint density at radius 1 is 1.22 bits per heavy atom. The highest BCUT2D eigenvalue weighted by Crippen LogP contribution is 2.31. The molecule has 3 nitrogen and oxygen atoms in total. The maximum Gasteiger partial charge on any atom is 0.317 e. The fourth-order valence-corrected chi connectivity index (χ4v) is 2.85. The van der Waals surface area contributed by atoms with Crippen LogP contribution < -0.4 is 5.32 Å². The first-order chi connectivity index (χ1) is 8.66. The summed E-state index contributed by atoms with van der Waals surface area (Å²) < 4.78 is 0.823. The summed E-state index contributed by atoms with van der Waals surface area (Å²) in [5.74, 6) is 0.720. The molecular formula is C14H23BrN2O. The molecule has 2 saturated carbocycles. The lowest BCUT2D eigenvalue weighted by Crippen LogP contribution is -2.44. The summed E-state index contributed by atoms with van der Waals surface area (Å²) in [5.41, 5.74) is 0. The van der Waals surface area contributed by atoms with Crippen molar-refractivity contribution < 1.29 is 4.79 Å². The van der Waals surface area contributed by atoms with Gasteiger partial charge in [0.05, 0.1) is 6.54 Å². The number of rotatable bonds is 5. The van der Waals surface area contributed by atoms with Crippen molar-refractivity contribution in [1.82, 2.24) is 10.2 Å². The number of halogens is 1. The van der Waals surface area contributed by atoms with Crippen molar-refractivity contribution >= 4 is 22.0 Å². The van der Waals surface area contributed by atoms with Gasteiger partial charge in [-0.1, -0.05) is 41.8 Å². The molecule has 2 rings (SSSR count). The van der Waals surface area contributed by atoms with Gasteiger partial charge in [0.15, 0.2) is 0 Å². The summed E-state index contributed by atoms with van der Waals surface area (Å²) in [7, 11) is 0. The second-order valence-corrected chi connectivity index (χ2v) is 6.69. The van der Waals surface area contributed by atoms with Gasteiger partial charge in [0.1, 0.15) is 0 Å². The van der Waals surface area contributed by atoms with E-state index in [4.69, 9.17) is 0 Å². The topological polar surface area (TPSA) is 32.3 Å². The van der Waals surface area contributed by atoms with E-state index in [0.717, 1.165) is 16.9 Å². The number of hydrogen-bond acceptors (Lipinski definition) is 1. The molecule has 0 unspecified atom stereocenters. The smallest absolute Gasteiger partial charge is 0.317 e. The summed E-state index contributed by atoms with van der Waals surface area (Å²) >= 11 is 3.28. The maximum atomic E-state index is 12.2. The fraction of sp³-hybridized carbons (Fsp3) is 0.786. The van der Waals surface area contributed by atoms with Crippen LogP contribution in [0.3, 0.4) is 0 Å². The quantitative estimate of drug-likeness (QED) is 0.825. The summed E-state index contributed by atoms with van der Waals surface area (Å²) in [6, 6.07) is 0.583. The Kier molecular flexibility index (Phi) is 5.10. The van der Waals surface area contributed by atoms with Crippen LogP contribution >= 0.6 is 15.9 Å². The van der Waals surface area contributed by atoms with E-state index in [0.29, 0.717) is 12.6 Å². The number of amides is 2. The van der Waals surface area contributed by atoms with Crippen LogP contribution in [0.15, 0.2) is 11.1 Å². The number of urea groups is 1. The standard InChI is InChI=1S/C14H23BrN2O/c1-11(15)9-16-14(18)17(13-7-8-13)10-12-5-3-2-4-6-12/h12-13H,1-10H2,(H,16,18). The van der Waals surface area contributed by atoms with Crippen LogP contribution in [-0.4, -0.2) is 30.1 Å². The van der Waals surface area contributed by atoms with E-state index >= 15 is 0 Å². The molecule has 2 aliphatic carbocycles. The Morgan fingerprint density at radius 2 is 1.89 bits per heavy atom. The van der Waals surface area contributed by atoms with E-state index in [2.05, 4.69) is 32.7 Å². The maximum absolute atomic E-state index is 12.2. The number of nitrogens with zero attached hydrogens (tertiary/aromatic N) is 1. The Balaban J connectivity index is 1.82. The Morgan fingerprint density at radius 3 is 2.44 bits per heavy atom. The molecule has 0 bridgehead atoms. The highest BCUT2D eigenvalue weighted by Gasteiger charge is 2.34. The zero-order chi connectivity index (χ0) is 13.0. The number of nitrogens with one attached hydrogen (secondary N) is 1. The van der Waals surface area contributed by atoms with E-state index in [1.807, 2.05) is 0 Å². The van der Waals surface area contributed by atoms with Gasteiger partial charge in [-0.3, -0.25) is 0 Å². The van der Waals surface area contributed by atoms with Crippen molar-refractivity contribution in [2.24, 2.45) is 5.92 Å². The number of carbonyl (C=O) groups excluding carboxylic acids is 1. The molecule has 0 aromatic carbocycles. The van der Waals surface area contributed by atoms with Crippen LogP contribution in [0.5, 0.6) is 0 Å². The molecule has 0 spiro atoms. The molecule has 0 saturated heterocycles. The van der Waals surface area contributed by atoms with E-state index in [-0.39, 0.29) is 6.03 Å². The third-order valence-corrected chi connectivity index (χ3v) is 4.14. The molecule has 2 aliphatic rings. The average Bonchev–Trinajstić information content (AvgIpc) is 3.18. The molecule has 4 heteroatoms. The first-order valence-corrected chi connectivity index (χ1v) is 7.84. The summed E-state index contributed by atoms with van der Waals surface area (Å²) in [6.45, 7) is 5.22. The highest BCUT2D eigenvalue weighted by molar-refractivity contribution is 9.11. The van der Waals surface area contributed by atoms with Crippen molar-refractivity contribution in [3.05, 3.63) is 11.1 Å². The minimum Gasteiger partial charge on any atom is -0.333 e. The predicted octanol–water partition coefficient (Wildman–Crippen LogP) is 3.65. The lowest BCUT2D eigenvalue weighted by atomic mass is 9.89. The predicted molar refractivity (Wildman–Crippen MR) is 77.8 cm³/mol. The fourth-order valence-electron chi connectivity index (χ4n) is 2.70. The van der Waals surface area contributed by atoms with E-state index < -0.39 is 0 Å². The monoisotopic (exact) mass is 314 g/mol. The van der Waals surface area contributed by atoms with Crippen molar-refractivity contribution in [2.75, 3.05) is 13.1 Å². The number of hydrogen-bond donors (Lipinski definition) is 1. The van der Waals surface area contributed by atoms with Gasteiger partial charge in [-0.05, 0) is 31.6 Å². The molecule has 0 atom stereocenters.